The molecule has 0 spiro atoms. The van der Waals surface area contributed by atoms with E-state index in [2.05, 4.69) is 5.32 Å². The predicted molar refractivity (Wildman–Crippen MR) is 109 cm³/mol. The first-order valence-electron chi connectivity index (χ1n) is 9.26. The van der Waals surface area contributed by atoms with E-state index in [0.717, 1.165) is 11.1 Å². The quantitative estimate of drug-likeness (QED) is 0.675. The van der Waals surface area contributed by atoms with Gasteiger partial charge in [0, 0.05) is 20.6 Å². The van der Waals surface area contributed by atoms with Gasteiger partial charge in [-0.2, -0.15) is 0 Å². The lowest BCUT2D eigenvalue weighted by atomic mass is 9.98. The van der Waals surface area contributed by atoms with Gasteiger partial charge in [-0.15, -0.1) is 0 Å². The molecule has 7 heteroatoms. The van der Waals surface area contributed by atoms with Crippen LogP contribution in [0.2, 0.25) is 0 Å². The summed E-state index contributed by atoms with van der Waals surface area (Å²) in [6.07, 6.45) is 0.312. The Morgan fingerprint density at radius 3 is 2.48 bits per heavy atom. The lowest BCUT2D eigenvalue weighted by Crippen LogP contribution is -2.34. The number of ether oxygens (including phenoxy) is 1. The van der Waals surface area contributed by atoms with Crippen LogP contribution in [0.4, 0.5) is 0 Å². The standard InChI is InChI=1S/C22H26N2O5/c1-15-7-6-8-16(11-15)12-17(22(27)28)13-23-21(26)18-9-4-5-10-19(18)29-14-20(25)24(2)3/h4-11,17H,12-14H2,1-3H3,(H,23,26)(H,27,28). The van der Waals surface area contributed by atoms with Crippen molar-refractivity contribution in [1.29, 1.82) is 0 Å². The summed E-state index contributed by atoms with van der Waals surface area (Å²) in [6, 6.07) is 14.2. The number of hydrogen-bond acceptors (Lipinski definition) is 4. The van der Waals surface area contributed by atoms with E-state index < -0.39 is 17.8 Å². The summed E-state index contributed by atoms with van der Waals surface area (Å²) in [6.45, 7) is 1.73. The molecule has 0 radical (unpaired) electrons. The SMILES string of the molecule is Cc1cccc(CC(CNC(=O)c2ccccc2OCC(=O)N(C)C)C(=O)O)c1. The number of hydrogen-bond donors (Lipinski definition) is 2. The summed E-state index contributed by atoms with van der Waals surface area (Å²) in [5.41, 5.74) is 2.20. The maximum atomic E-state index is 12.6. The second-order valence-corrected chi connectivity index (χ2v) is 7.01. The van der Waals surface area contributed by atoms with Gasteiger partial charge in [0.25, 0.3) is 11.8 Å². The first-order valence-corrected chi connectivity index (χ1v) is 9.26. The molecule has 0 aliphatic heterocycles. The number of nitrogens with zero attached hydrogens (tertiary/aromatic N) is 1. The molecule has 0 saturated carbocycles. The van der Waals surface area contributed by atoms with E-state index >= 15 is 0 Å². The number of rotatable bonds is 9. The van der Waals surface area contributed by atoms with Crippen molar-refractivity contribution in [3.8, 4) is 5.75 Å². The number of carboxylic acid groups (broad SMARTS) is 1. The molecule has 154 valence electrons. The molecule has 0 aliphatic rings. The topological polar surface area (TPSA) is 95.9 Å². The van der Waals surface area contributed by atoms with Gasteiger partial charge in [-0.05, 0) is 31.0 Å². The molecule has 0 aromatic heterocycles. The first kappa shape index (κ1) is 21.9. The van der Waals surface area contributed by atoms with Crippen LogP contribution in [0.5, 0.6) is 5.75 Å². The van der Waals surface area contributed by atoms with Crippen LogP contribution in [-0.2, 0) is 16.0 Å². The number of benzene rings is 2. The van der Waals surface area contributed by atoms with E-state index in [1.54, 1.807) is 38.4 Å². The highest BCUT2D eigenvalue weighted by Gasteiger charge is 2.21. The van der Waals surface area contributed by atoms with Crippen molar-refractivity contribution in [2.75, 3.05) is 27.2 Å². The van der Waals surface area contributed by atoms with E-state index in [4.69, 9.17) is 4.74 Å². The van der Waals surface area contributed by atoms with Crippen LogP contribution in [-0.4, -0.2) is 55.0 Å². The number of para-hydroxylation sites is 1. The van der Waals surface area contributed by atoms with Crippen molar-refractivity contribution >= 4 is 17.8 Å². The lowest BCUT2D eigenvalue weighted by molar-refractivity contribution is -0.141. The highest BCUT2D eigenvalue weighted by atomic mass is 16.5. The summed E-state index contributed by atoms with van der Waals surface area (Å²) in [5, 5.41) is 12.2. The maximum Gasteiger partial charge on any atom is 0.308 e. The van der Waals surface area contributed by atoms with E-state index in [1.807, 2.05) is 31.2 Å². The Bertz CT molecular complexity index is 879. The van der Waals surface area contributed by atoms with E-state index in [0.29, 0.717) is 6.42 Å². The fraction of sp³-hybridized carbons (Fsp3) is 0.318. The summed E-state index contributed by atoms with van der Waals surface area (Å²) in [4.78, 5) is 37.3. The van der Waals surface area contributed by atoms with Crippen LogP contribution in [0.1, 0.15) is 21.5 Å². The number of carbonyl (C=O) groups excluding carboxylic acids is 2. The van der Waals surface area contributed by atoms with Gasteiger partial charge in [-0.25, -0.2) is 0 Å². The zero-order valence-electron chi connectivity index (χ0n) is 16.8. The highest BCUT2D eigenvalue weighted by Crippen LogP contribution is 2.18. The Morgan fingerprint density at radius 2 is 1.83 bits per heavy atom. The van der Waals surface area contributed by atoms with Gasteiger partial charge in [-0.1, -0.05) is 42.0 Å². The molecule has 0 bridgehead atoms. The van der Waals surface area contributed by atoms with Gasteiger partial charge >= 0.3 is 5.97 Å². The Kier molecular flexibility index (Phi) is 7.77. The first-order chi connectivity index (χ1) is 13.8. The minimum absolute atomic E-state index is 0.0208. The Balaban J connectivity index is 2.03. The number of nitrogens with one attached hydrogen (secondary N) is 1. The molecule has 1 atom stereocenters. The fourth-order valence-corrected chi connectivity index (χ4v) is 2.73. The van der Waals surface area contributed by atoms with Crippen LogP contribution in [0.3, 0.4) is 0 Å². The zero-order chi connectivity index (χ0) is 21.4. The maximum absolute atomic E-state index is 12.6. The van der Waals surface area contributed by atoms with Crippen molar-refractivity contribution < 1.29 is 24.2 Å². The molecule has 2 rings (SSSR count). The summed E-state index contributed by atoms with van der Waals surface area (Å²) < 4.78 is 5.48. The van der Waals surface area contributed by atoms with E-state index in [1.165, 1.54) is 4.90 Å². The number of aliphatic carboxylic acids is 1. The molecule has 0 fully saturated rings. The molecule has 0 saturated heterocycles. The second-order valence-electron chi connectivity index (χ2n) is 7.01. The van der Waals surface area contributed by atoms with E-state index in [-0.39, 0.29) is 30.4 Å². The number of amides is 2. The Hall–Kier alpha value is -3.35. The molecule has 1 unspecified atom stereocenters. The number of carboxylic acids is 1. The van der Waals surface area contributed by atoms with Crippen LogP contribution < -0.4 is 10.1 Å². The van der Waals surface area contributed by atoms with Crippen LogP contribution in [0.15, 0.2) is 48.5 Å². The van der Waals surface area contributed by atoms with Crippen molar-refractivity contribution in [2.45, 2.75) is 13.3 Å². The summed E-state index contributed by atoms with van der Waals surface area (Å²) >= 11 is 0. The largest absolute Gasteiger partial charge is 0.483 e. The van der Waals surface area contributed by atoms with Crippen molar-refractivity contribution in [2.24, 2.45) is 5.92 Å². The molecular formula is C22H26N2O5. The molecule has 2 amide bonds. The molecule has 0 heterocycles. The fourth-order valence-electron chi connectivity index (χ4n) is 2.73. The molecule has 2 N–H and O–H groups in total. The monoisotopic (exact) mass is 398 g/mol. The van der Waals surface area contributed by atoms with Gasteiger partial charge in [0.05, 0.1) is 11.5 Å². The molecule has 29 heavy (non-hydrogen) atoms. The second kappa shape index (κ2) is 10.3. The minimum atomic E-state index is -0.979. The third kappa shape index (κ3) is 6.64. The van der Waals surface area contributed by atoms with Crippen LogP contribution >= 0.6 is 0 Å². The summed E-state index contributed by atoms with van der Waals surface area (Å²) in [7, 11) is 3.23. The van der Waals surface area contributed by atoms with Crippen molar-refractivity contribution in [1.82, 2.24) is 10.2 Å². The van der Waals surface area contributed by atoms with Gasteiger partial charge in [0.2, 0.25) is 0 Å². The Morgan fingerprint density at radius 1 is 1.10 bits per heavy atom. The van der Waals surface area contributed by atoms with Crippen LogP contribution in [0, 0.1) is 12.8 Å². The van der Waals surface area contributed by atoms with Gasteiger partial charge in [-0.3, -0.25) is 14.4 Å². The molecular weight excluding hydrogens is 372 g/mol. The lowest BCUT2D eigenvalue weighted by Gasteiger charge is -2.16. The number of carbonyl (C=O) groups is 3. The van der Waals surface area contributed by atoms with Gasteiger partial charge < -0.3 is 20.1 Å². The number of aryl methyl sites for hydroxylation is 1. The smallest absolute Gasteiger partial charge is 0.308 e. The normalized spacial score (nSPS) is 11.4. The zero-order valence-corrected chi connectivity index (χ0v) is 16.8. The summed E-state index contributed by atoms with van der Waals surface area (Å²) in [5.74, 6) is -2.15. The minimum Gasteiger partial charge on any atom is -0.483 e. The van der Waals surface area contributed by atoms with Crippen molar-refractivity contribution in [3.05, 3.63) is 65.2 Å². The third-order valence-corrected chi connectivity index (χ3v) is 4.40. The Labute approximate surface area is 170 Å². The number of likely N-dealkylation sites (N-methyl/N-ethyl adjacent to an activating group) is 1. The molecule has 0 aliphatic carbocycles. The van der Waals surface area contributed by atoms with E-state index in [9.17, 15) is 19.5 Å². The van der Waals surface area contributed by atoms with Crippen LogP contribution in [0.25, 0.3) is 0 Å². The highest BCUT2D eigenvalue weighted by molar-refractivity contribution is 5.97. The van der Waals surface area contributed by atoms with Gasteiger partial charge in [0.1, 0.15) is 5.75 Å². The van der Waals surface area contributed by atoms with Crippen molar-refractivity contribution in [3.63, 3.8) is 0 Å². The predicted octanol–water partition coefficient (Wildman–Crippen LogP) is 2.14. The average Bonchev–Trinajstić information content (AvgIpc) is 2.69. The third-order valence-electron chi connectivity index (χ3n) is 4.40. The average molecular weight is 398 g/mol. The molecule has 2 aromatic rings. The molecule has 2 aromatic carbocycles. The van der Waals surface area contributed by atoms with Gasteiger partial charge in [0.15, 0.2) is 6.61 Å². The molecule has 7 nitrogen and oxygen atoms in total.